The molecule has 7 heteroatoms. The van der Waals surface area contributed by atoms with Gasteiger partial charge < -0.3 is 19.4 Å². The van der Waals surface area contributed by atoms with Gasteiger partial charge in [-0.15, -0.1) is 0 Å². The maximum atomic E-state index is 8.94. The van der Waals surface area contributed by atoms with Crippen molar-refractivity contribution in [1.29, 1.82) is 0 Å². The number of aromatic nitrogens is 3. The highest BCUT2D eigenvalue weighted by Gasteiger charge is 2.11. The van der Waals surface area contributed by atoms with Gasteiger partial charge >= 0.3 is 0 Å². The summed E-state index contributed by atoms with van der Waals surface area (Å²) in [5.41, 5.74) is 0.755. The van der Waals surface area contributed by atoms with Crippen LogP contribution < -0.4 is 5.32 Å². The fourth-order valence-corrected chi connectivity index (χ4v) is 2.34. The van der Waals surface area contributed by atoms with Gasteiger partial charge in [0.15, 0.2) is 0 Å². The molecule has 0 fully saturated rings. The maximum Gasteiger partial charge on any atom is 0.226 e. The summed E-state index contributed by atoms with van der Waals surface area (Å²) in [5.74, 6) is 1.49. The van der Waals surface area contributed by atoms with E-state index in [1.165, 1.54) is 0 Å². The normalized spacial score (nSPS) is 11.1. The Kier molecular flexibility index (Phi) is 4.08. The zero-order valence-corrected chi connectivity index (χ0v) is 12.0. The minimum Gasteiger partial charge on any atom is -0.467 e. The zero-order valence-electron chi connectivity index (χ0n) is 11.3. The van der Waals surface area contributed by atoms with Gasteiger partial charge in [-0.3, -0.25) is 0 Å². The molecule has 0 aliphatic heterocycles. The number of nitrogens with one attached hydrogen (secondary N) is 1. The smallest absolute Gasteiger partial charge is 0.226 e. The van der Waals surface area contributed by atoms with Gasteiger partial charge in [-0.05, 0) is 36.2 Å². The third kappa shape index (κ3) is 3.01. The van der Waals surface area contributed by atoms with E-state index in [9.17, 15) is 0 Å². The Labute approximate surface area is 126 Å². The molecule has 0 amide bonds. The van der Waals surface area contributed by atoms with Gasteiger partial charge in [0.1, 0.15) is 17.2 Å². The van der Waals surface area contributed by atoms with Gasteiger partial charge in [-0.2, -0.15) is 4.98 Å². The number of nitrogens with zero attached hydrogens (tertiary/aromatic N) is 3. The molecule has 0 saturated carbocycles. The Hall–Kier alpha value is -2.05. The van der Waals surface area contributed by atoms with Crippen molar-refractivity contribution in [2.45, 2.75) is 19.5 Å². The molecule has 3 heterocycles. The number of halogens is 1. The average molecular weight is 307 g/mol. The molecule has 0 atom stereocenters. The number of aryl methyl sites for hydroxylation is 1. The lowest BCUT2D eigenvalue weighted by atomic mass is 10.3. The van der Waals surface area contributed by atoms with Crippen molar-refractivity contribution in [2.24, 2.45) is 0 Å². The molecule has 3 aromatic rings. The molecule has 0 unspecified atom stereocenters. The second-order valence-corrected chi connectivity index (χ2v) is 4.94. The van der Waals surface area contributed by atoms with Crippen LogP contribution in [0.5, 0.6) is 0 Å². The van der Waals surface area contributed by atoms with E-state index in [1.54, 1.807) is 6.26 Å². The predicted octanol–water partition coefficient (Wildman–Crippen LogP) is 2.67. The minimum atomic E-state index is 0.141. The number of hydrogen-bond acceptors (Lipinski definition) is 5. The molecule has 21 heavy (non-hydrogen) atoms. The second-order valence-electron chi connectivity index (χ2n) is 4.60. The highest BCUT2D eigenvalue weighted by atomic mass is 35.5. The van der Waals surface area contributed by atoms with E-state index in [0.29, 0.717) is 25.3 Å². The van der Waals surface area contributed by atoms with Crippen LogP contribution >= 0.6 is 11.6 Å². The van der Waals surface area contributed by atoms with Crippen LogP contribution in [0.4, 0.5) is 5.82 Å². The lowest BCUT2D eigenvalue weighted by Gasteiger charge is -2.07. The van der Waals surface area contributed by atoms with Crippen molar-refractivity contribution >= 4 is 28.5 Å². The van der Waals surface area contributed by atoms with E-state index in [1.807, 2.05) is 29.0 Å². The van der Waals surface area contributed by atoms with Crippen LogP contribution in [0.15, 0.2) is 35.1 Å². The highest BCUT2D eigenvalue weighted by molar-refractivity contribution is 6.28. The van der Waals surface area contributed by atoms with Crippen molar-refractivity contribution in [1.82, 2.24) is 14.5 Å². The van der Waals surface area contributed by atoms with E-state index >= 15 is 0 Å². The Morgan fingerprint density at radius 2 is 2.24 bits per heavy atom. The summed E-state index contributed by atoms with van der Waals surface area (Å²) in [5, 5.41) is 13.2. The van der Waals surface area contributed by atoms with Crippen molar-refractivity contribution in [3.8, 4) is 0 Å². The summed E-state index contributed by atoms with van der Waals surface area (Å²) in [4.78, 5) is 8.50. The van der Waals surface area contributed by atoms with Crippen molar-refractivity contribution < 1.29 is 9.52 Å². The summed E-state index contributed by atoms with van der Waals surface area (Å²) < 4.78 is 7.24. The van der Waals surface area contributed by atoms with Crippen LogP contribution in [-0.4, -0.2) is 26.2 Å². The Bertz CT molecular complexity index is 724. The highest BCUT2D eigenvalue weighted by Crippen LogP contribution is 2.24. The van der Waals surface area contributed by atoms with E-state index in [0.717, 1.165) is 16.8 Å². The van der Waals surface area contributed by atoms with E-state index < -0.39 is 0 Å². The number of hydrogen-bond donors (Lipinski definition) is 2. The van der Waals surface area contributed by atoms with Crippen LogP contribution in [0.25, 0.3) is 11.0 Å². The molecule has 110 valence electrons. The lowest BCUT2D eigenvalue weighted by Crippen LogP contribution is -2.04. The number of aliphatic hydroxyl groups is 1. The number of rotatable bonds is 6. The summed E-state index contributed by atoms with van der Waals surface area (Å²) in [6.45, 7) is 1.35. The summed E-state index contributed by atoms with van der Waals surface area (Å²) in [7, 11) is 0. The first-order valence-corrected chi connectivity index (χ1v) is 7.05. The van der Waals surface area contributed by atoms with Gasteiger partial charge in [-0.1, -0.05) is 0 Å². The third-order valence-corrected chi connectivity index (χ3v) is 3.33. The van der Waals surface area contributed by atoms with Gasteiger partial charge in [0.2, 0.25) is 5.28 Å². The van der Waals surface area contributed by atoms with Crippen molar-refractivity contribution in [3.05, 3.63) is 41.7 Å². The molecular weight excluding hydrogens is 292 g/mol. The van der Waals surface area contributed by atoms with E-state index in [2.05, 4.69) is 15.3 Å². The first-order chi connectivity index (χ1) is 10.3. The van der Waals surface area contributed by atoms with Crippen molar-refractivity contribution in [2.75, 3.05) is 11.9 Å². The first-order valence-electron chi connectivity index (χ1n) is 6.67. The van der Waals surface area contributed by atoms with Crippen LogP contribution in [0.1, 0.15) is 12.2 Å². The molecule has 3 rings (SSSR count). The Morgan fingerprint density at radius 1 is 1.33 bits per heavy atom. The molecule has 0 radical (unpaired) electrons. The molecule has 0 bridgehead atoms. The van der Waals surface area contributed by atoms with Crippen LogP contribution in [0.2, 0.25) is 5.28 Å². The van der Waals surface area contributed by atoms with Gasteiger partial charge in [0, 0.05) is 19.3 Å². The molecular formula is C14H15ClN4O2. The van der Waals surface area contributed by atoms with Crippen LogP contribution in [0.3, 0.4) is 0 Å². The fraction of sp³-hybridized carbons (Fsp3) is 0.286. The summed E-state index contributed by atoms with van der Waals surface area (Å²) in [6, 6.07) is 5.66. The SMILES string of the molecule is OCCCn1ccc2c(NCc3ccco3)nc(Cl)nc21. The molecule has 2 N–H and O–H groups in total. The predicted molar refractivity (Wildman–Crippen MR) is 80.3 cm³/mol. The molecule has 0 aliphatic carbocycles. The molecule has 3 aromatic heterocycles. The molecule has 0 aliphatic rings. The van der Waals surface area contributed by atoms with Crippen molar-refractivity contribution in [3.63, 3.8) is 0 Å². The van der Waals surface area contributed by atoms with Gasteiger partial charge in [-0.25, -0.2) is 4.98 Å². The summed E-state index contributed by atoms with van der Waals surface area (Å²) >= 11 is 6.00. The van der Waals surface area contributed by atoms with E-state index in [4.69, 9.17) is 21.1 Å². The third-order valence-electron chi connectivity index (χ3n) is 3.16. The minimum absolute atomic E-state index is 0.141. The number of aliphatic hydroxyl groups excluding tert-OH is 1. The fourth-order valence-electron chi connectivity index (χ4n) is 2.18. The largest absolute Gasteiger partial charge is 0.467 e. The molecule has 0 aromatic carbocycles. The topological polar surface area (TPSA) is 76.1 Å². The monoisotopic (exact) mass is 306 g/mol. The lowest BCUT2D eigenvalue weighted by molar-refractivity contribution is 0.280. The van der Waals surface area contributed by atoms with Gasteiger partial charge in [0.05, 0.1) is 18.2 Å². The second kappa shape index (κ2) is 6.15. The zero-order chi connectivity index (χ0) is 14.7. The standard InChI is InChI=1S/C14H15ClN4O2/c15-14-17-12(16-9-10-3-1-8-21-10)11-4-6-19(5-2-7-20)13(11)18-14/h1,3-4,6,8,20H,2,5,7,9H2,(H,16,17,18). The van der Waals surface area contributed by atoms with Gasteiger partial charge in [0.25, 0.3) is 0 Å². The van der Waals surface area contributed by atoms with Crippen LogP contribution in [-0.2, 0) is 13.1 Å². The molecule has 0 spiro atoms. The van der Waals surface area contributed by atoms with Crippen LogP contribution in [0, 0.1) is 0 Å². The number of fused-ring (bicyclic) bond motifs is 1. The molecule has 0 saturated heterocycles. The Morgan fingerprint density at radius 3 is 3.00 bits per heavy atom. The Balaban J connectivity index is 1.89. The number of furan rings is 1. The average Bonchev–Trinajstić information content (AvgIpc) is 3.12. The quantitative estimate of drug-likeness (QED) is 0.685. The summed E-state index contributed by atoms with van der Waals surface area (Å²) in [6.07, 6.45) is 4.22. The first kappa shape index (κ1) is 13.9. The van der Waals surface area contributed by atoms with E-state index in [-0.39, 0.29) is 11.9 Å². The maximum absolute atomic E-state index is 8.94. The molecule has 6 nitrogen and oxygen atoms in total. The number of anilines is 1.